The van der Waals surface area contributed by atoms with E-state index in [1.165, 1.54) is 6.92 Å². The molecular formula is C10H20F3NOS. The third-order valence-corrected chi connectivity index (χ3v) is 3.94. The summed E-state index contributed by atoms with van der Waals surface area (Å²) < 4.78 is 47.2. The molecule has 0 saturated heterocycles. The zero-order chi connectivity index (χ0) is 13.0. The summed E-state index contributed by atoms with van der Waals surface area (Å²) in [4.78, 5) is 0. The van der Waals surface area contributed by atoms with Gasteiger partial charge in [0.15, 0.2) is 0 Å². The third-order valence-electron chi connectivity index (χ3n) is 2.00. The van der Waals surface area contributed by atoms with E-state index in [9.17, 15) is 17.4 Å². The molecule has 6 heteroatoms. The normalized spacial score (nSPS) is 17.2. The van der Waals surface area contributed by atoms with Gasteiger partial charge >= 0.3 is 6.18 Å². The molecule has 0 rings (SSSR count). The van der Waals surface area contributed by atoms with Crippen molar-refractivity contribution < 1.29 is 17.4 Å². The second-order valence-corrected chi connectivity index (χ2v) is 7.16. The Hall–Kier alpha value is -0.100. The predicted octanol–water partition coefficient (Wildman–Crippen LogP) is 2.46. The van der Waals surface area contributed by atoms with Crippen LogP contribution in [0.1, 0.15) is 34.1 Å². The molecule has 1 N–H and O–H groups in total. The molecular weight excluding hydrogens is 239 g/mol. The molecule has 0 aliphatic carbocycles. The van der Waals surface area contributed by atoms with E-state index in [0.29, 0.717) is 12.3 Å². The summed E-state index contributed by atoms with van der Waals surface area (Å²) in [5.74, 6) is 0.381. The Balaban J connectivity index is 3.79. The van der Waals surface area contributed by atoms with Gasteiger partial charge in [0.2, 0.25) is 0 Å². The standard InChI is InChI=1S/C10H20F3NOS/c1-8(7-10(11,12)13)14-5-6-16(15)9(2,3)4/h8,14H,5-7H2,1-4H3. The van der Waals surface area contributed by atoms with Gasteiger partial charge in [-0.2, -0.15) is 13.2 Å². The van der Waals surface area contributed by atoms with Gasteiger partial charge in [0.05, 0.1) is 6.42 Å². The molecule has 0 spiro atoms. The Kier molecular flexibility index (Phi) is 5.96. The van der Waals surface area contributed by atoms with Crippen LogP contribution >= 0.6 is 0 Å². The van der Waals surface area contributed by atoms with Crippen LogP contribution in [0.25, 0.3) is 0 Å². The molecule has 0 aromatic heterocycles. The van der Waals surface area contributed by atoms with Gasteiger partial charge in [-0.1, -0.05) is 0 Å². The van der Waals surface area contributed by atoms with E-state index in [0.717, 1.165) is 0 Å². The lowest BCUT2D eigenvalue weighted by Crippen LogP contribution is -2.36. The maximum absolute atomic E-state index is 12.0. The molecule has 2 nitrogen and oxygen atoms in total. The number of hydrogen-bond donors (Lipinski definition) is 1. The highest BCUT2D eigenvalue weighted by Gasteiger charge is 2.29. The van der Waals surface area contributed by atoms with Crippen molar-refractivity contribution in [1.82, 2.24) is 5.32 Å². The predicted molar refractivity (Wildman–Crippen MR) is 60.9 cm³/mol. The minimum atomic E-state index is -4.14. The SMILES string of the molecule is CC(CC(F)(F)F)NCCS(=O)C(C)(C)C. The first-order valence-corrected chi connectivity index (χ1v) is 6.53. The van der Waals surface area contributed by atoms with E-state index in [1.54, 1.807) is 0 Å². The molecule has 98 valence electrons. The van der Waals surface area contributed by atoms with E-state index in [1.807, 2.05) is 20.8 Å². The second kappa shape index (κ2) is 6.00. The number of halogens is 3. The number of alkyl halides is 3. The topological polar surface area (TPSA) is 29.1 Å². The monoisotopic (exact) mass is 259 g/mol. The molecule has 0 aliphatic heterocycles. The largest absolute Gasteiger partial charge is 0.390 e. The van der Waals surface area contributed by atoms with Crippen LogP contribution in [0.2, 0.25) is 0 Å². The minimum Gasteiger partial charge on any atom is -0.313 e. The van der Waals surface area contributed by atoms with Crippen LogP contribution < -0.4 is 5.32 Å². The fourth-order valence-corrected chi connectivity index (χ4v) is 2.04. The van der Waals surface area contributed by atoms with Crippen molar-refractivity contribution in [2.45, 2.75) is 51.1 Å². The first kappa shape index (κ1) is 15.9. The molecule has 2 unspecified atom stereocenters. The molecule has 0 radical (unpaired) electrons. The number of rotatable bonds is 5. The van der Waals surface area contributed by atoms with Crippen molar-refractivity contribution in [2.24, 2.45) is 0 Å². The second-order valence-electron chi connectivity index (χ2n) is 4.84. The Morgan fingerprint density at radius 3 is 2.12 bits per heavy atom. The molecule has 0 aromatic carbocycles. The van der Waals surface area contributed by atoms with Crippen LogP contribution in [-0.2, 0) is 10.8 Å². The van der Waals surface area contributed by atoms with Crippen molar-refractivity contribution in [3.05, 3.63) is 0 Å². The van der Waals surface area contributed by atoms with Crippen molar-refractivity contribution in [2.75, 3.05) is 12.3 Å². The molecule has 0 aromatic rings. The van der Waals surface area contributed by atoms with Gasteiger partial charge in [-0.05, 0) is 27.7 Å². The molecule has 0 saturated carbocycles. The first-order chi connectivity index (χ1) is 7.02. The summed E-state index contributed by atoms with van der Waals surface area (Å²) in [6.07, 6.45) is -5.00. The Labute approximate surface area is 97.4 Å². The van der Waals surface area contributed by atoms with E-state index in [4.69, 9.17) is 0 Å². The highest BCUT2D eigenvalue weighted by molar-refractivity contribution is 7.86. The van der Waals surface area contributed by atoms with E-state index in [2.05, 4.69) is 5.32 Å². The minimum absolute atomic E-state index is 0.311. The number of nitrogens with one attached hydrogen (secondary N) is 1. The van der Waals surface area contributed by atoms with Gasteiger partial charge in [0.1, 0.15) is 0 Å². The van der Waals surface area contributed by atoms with Gasteiger partial charge < -0.3 is 5.32 Å². The smallest absolute Gasteiger partial charge is 0.313 e. The molecule has 16 heavy (non-hydrogen) atoms. The van der Waals surface area contributed by atoms with Crippen LogP contribution in [0.15, 0.2) is 0 Å². The summed E-state index contributed by atoms with van der Waals surface area (Å²) in [5, 5.41) is 2.73. The van der Waals surface area contributed by atoms with Gasteiger partial charge in [0.25, 0.3) is 0 Å². The highest BCUT2D eigenvalue weighted by atomic mass is 32.2. The summed E-state index contributed by atoms with van der Waals surface area (Å²) in [6.45, 7) is 7.38. The Morgan fingerprint density at radius 2 is 1.75 bits per heavy atom. The van der Waals surface area contributed by atoms with Crippen molar-refractivity contribution in [1.29, 1.82) is 0 Å². The summed E-state index contributed by atoms with van der Waals surface area (Å²) >= 11 is 0. The summed E-state index contributed by atoms with van der Waals surface area (Å²) in [5.41, 5.74) is 0. The van der Waals surface area contributed by atoms with Crippen LogP contribution in [0, 0.1) is 0 Å². The summed E-state index contributed by atoms with van der Waals surface area (Å²) in [7, 11) is -1.02. The average molecular weight is 259 g/mol. The molecule has 2 atom stereocenters. The Morgan fingerprint density at radius 1 is 1.25 bits per heavy atom. The quantitative estimate of drug-likeness (QED) is 0.821. The number of hydrogen-bond acceptors (Lipinski definition) is 2. The van der Waals surface area contributed by atoms with E-state index >= 15 is 0 Å². The zero-order valence-corrected chi connectivity index (χ0v) is 11.0. The van der Waals surface area contributed by atoms with Crippen molar-refractivity contribution >= 4 is 10.8 Å². The lowest BCUT2D eigenvalue weighted by Gasteiger charge is -2.19. The first-order valence-electron chi connectivity index (χ1n) is 5.21. The third kappa shape index (κ3) is 8.10. The average Bonchev–Trinajstić information content (AvgIpc) is 1.98. The summed E-state index contributed by atoms with van der Waals surface area (Å²) in [6, 6.07) is -0.628. The molecule has 0 aliphatic rings. The maximum Gasteiger partial charge on any atom is 0.390 e. The molecule has 0 fully saturated rings. The van der Waals surface area contributed by atoms with Crippen LogP contribution in [0.3, 0.4) is 0 Å². The Bertz CT molecular complexity index is 235. The maximum atomic E-state index is 12.0. The lowest BCUT2D eigenvalue weighted by molar-refractivity contribution is -0.138. The van der Waals surface area contributed by atoms with Crippen LogP contribution in [0.5, 0.6) is 0 Å². The molecule has 0 heterocycles. The molecule has 0 bridgehead atoms. The highest BCUT2D eigenvalue weighted by Crippen LogP contribution is 2.21. The van der Waals surface area contributed by atoms with E-state index < -0.39 is 29.4 Å². The van der Waals surface area contributed by atoms with Crippen LogP contribution in [0.4, 0.5) is 13.2 Å². The fraction of sp³-hybridized carbons (Fsp3) is 1.00. The van der Waals surface area contributed by atoms with E-state index in [-0.39, 0.29) is 4.75 Å². The van der Waals surface area contributed by atoms with Crippen LogP contribution in [-0.4, -0.2) is 33.5 Å². The van der Waals surface area contributed by atoms with Gasteiger partial charge in [0, 0.05) is 33.9 Å². The zero-order valence-electron chi connectivity index (χ0n) is 10.1. The lowest BCUT2D eigenvalue weighted by atomic mass is 10.2. The van der Waals surface area contributed by atoms with Gasteiger partial charge in [-0.15, -0.1) is 0 Å². The van der Waals surface area contributed by atoms with Gasteiger partial charge in [-0.25, -0.2) is 0 Å². The molecule has 0 amide bonds. The fourth-order valence-electron chi connectivity index (χ4n) is 1.12. The van der Waals surface area contributed by atoms with Gasteiger partial charge in [-0.3, -0.25) is 4.21 Å². The van der Waals surface area contributed by atoms with Crippen molar-refractivity contribution in [3.63, 3.8) is 0 Å². The van der Waals surface area contributed by atoms with Crippen molar-refractivity contribution in [3.8, 4) is 0 Å².